The van der Waals surface area contributed by atoms with Crippen molar-refractivity contribution in [1.29, 1.82) is 0 Å². The van der Waals surface area contributed by atoms with Gasteiger partial charge >= 0.3 is 5.69 Å². The van der Waals surface area contributed by atoms with Crippen LogP contribution in [0.1, 0.15) is 103 Å². The lowest BCUT2D eigenvalue weighted by Gasteiger charge is -2.14. The van der Waals surface area contributed by atoms with Crippen LogP contribution in [-0.2, 0) is 9.47 Å². The lowest BCUT2D eigenvalue weighted by Crippen LogP contribution is -2.32. The Balaban J connectivity index is 1.36. The summed E-state index contributed by atoms with van der Waals surface area (Å²) in [5, 5.41) is 0. The zero-order chi connectivity index (χ0) is 22.2. The van der Waals surface area contributed by atoms with Crippen LogP contribution in [0.5, 0.6) is 0 Å². The number of hydrogen-bond donors (Lipinski definition) is 1. The molecule has 1 aliphatic heterocycles. The molecule has 2 heterocycles. The molecule has 1 saturated heterocycles. The van der Waals surface area contributed by atoms with E-state index in [2.05, 4.69) is 11.9 Å². The number of nitrogens with zero attached hydrogens (tertiary/aromatic N) is 1. The fraction of sp³-hybridized carbons (Fsp3) is 0.833. The van der Waals surface area contributed by atoms with Gasteiger partial charge in [-0.3, -0.25) is 14.3 Å². The zero-order valence-electron chi connectivity index (χ0n) is 19.3. The fourth-order valence-corrected chi connectivity index (χ4v) is 4.93. The van der Waals surface area contributed by atoms with Gasteiger partial charge in [0.1, 0.15) is 11.7 Å². The number of rotatable bonds is 18. The van der Waals surface area contributed by atoms with Gasteiger partial charge in [-0.25, -0.2) is 4.79 Å². The molecule has 0 spiro atoms. The van der Waals surface area contributed by atoms with Crippen LogP contribution in [0.3, 0.4) is 0 Å². The summed E-state index contributed by atoms with van der Waals surface area (Å²) in [6, 6.07) is 1.34. The largest absolute Gasteiger partial charge is 0.378 e. The summed E-state index contributed by atoms with van der Waals surface area (Å²) in [7, 11) is 0. The van der Waals surface area contributed by atoms with Gasteiger partial charge in [-0.2, -0.15) is 0 Å². The Morgan fingerprint density at radius 1 is 0.968 bits per heavy atom. The second kappa shape index (κ2) is 16.6. The first-order valence-electron chi connectivity index (χ1n) is 12.4. The van der Waals surface area contributed by atoms with Crippen LogP contribution in [0.2, 0.25) is 0 Å². The van der Waals surface area contributed by atoms with Gasteiger partial charge in [0, 0.05) is 24.6 Å². The Hall–Kier alpha value is -1.05. The van der Waals surface area contributed by atoms with Crippen molar-refractivity contribution < 1.29 is 9.47 Å². The van der Waals surface area contributed by atoms with Crippen molar-refractivity contribution in [1.82, 2.24) is 9.55 Å². The fourth-order valence-electron chi connectivity index (χ4n) is 3.91. The van der Waals surface area contributed by atoms with Crippen LogP contribution in [0.25, 0.3) is 0 Å². The van der Waals surface area contributed by atoms with E-state index >= 15 is 0 Å². The molecule has 1 aromatic rings. The Labute approximate surface area is 191 Å². The van der Waals surface area contributed by atoms with Crippen LogP contribution >= 0.6 is 11.8 Å². The molecule has 1 aliphatic rings. The topological polar surface area (TPSA) is 73.3 Å². The molecular weight excluding hydrogens is 412 g/mol. The second-order valence-electron chi connectivity index (χ2n) is 8.54. The summed E-state index contributed by atoms with van der Waals surface area (Å²) in [5.41, 5.74) is -0.877. The van der Waals surface area contributed by atoms with E-state index in [1.165, 1.54) is 100 Å². The molecule has 178 valence electrons. The molecule has 0 bridgehead atoms. The highest BCUT2D eigenvalue weighted by Gasteiger charge is 2.27. The van der Waals surface area contributed by atoms with Crippen LogP contribution in [-0.4, -0.2) is 34.0 Å². The number of H-pyrrole nitrogens is 1. The summed E-state index contributed by atoms with van der Waals surface area (Å²) in [5.74, 6) is 0.679. The molecule has 1 fully saturated rings. The highest BCUT2D eigenvalue weighted by Crippen LogP contribution is 2.30. The standard InChI is InChI=1S/C24H42N2O4S/c1-2-3-4-5-6-7-8-9-10-11-12-13-14-15-18-29-19-23-30-22(20-31-23)26-17-16-21(27)25-24(26)28/h16-17,22-23H,2-15,18-20H2,1H3,(H,25,27,28)/t22-,23+/m1/s1. The van der Waals surface area contributed by atoms with E-state index < -0.39 is 5.69 Å². The van der Waals surface area contributed by atoms with Crippen molar-refractivity contribution in [3.05, 3.63) is 33.1 Å². The number of thioether (sulfide) groups is 1. The Bertz CT molecular complexity index is 691. The third-order valence-corrected chi connectivity index (χ3v) is 6.89. The third-order valence-electron chi connectivity index (χ3n) is 5.79. The first kappa shape index (κ1) is 26.2. The second-order valence-corrected chi connectivity index (χ2v) is 9.73. The van der Waals surface area contributed by atoms with E-state index in [-0.39, 0.29) is 17.2 Å². The molecule has 0 amide bonds. The van der Waals surface area contributed by atoms with Crippen LogP contribution < -0.4 is 11.2 Å². The van der Waals surface area contributed by atoms with Gasteiger partial charge < -0.3 is 9.47 Å². The molecular formula is C24H42N2O4S. The van der Waals surface area contributed by atoms with Crippen LogP contribution in [0.15, 0.2) is 21.9 Å². The van der Waals surface area contributed by atoms with E-state index in [9.17, 15) is 9.59 Å². The smallest absolute Gasteiger partial charge is 0.330 e. The predicted molar refractivity (Wildman–Crippen MR) is 129 cm³/mol. The molecule has 1 N–H and O–H groups in total. The van der Waals surface area contributed by atoms with Crippen LogP contribution in [0.4, 0.5) is 0 Å². The van der Waals surface area contributed by atoms with E-state index in [0.717, 1.165) is 13.0 Å². The maximum Gasteiger partial charge on any atom is 0.330 e. The van der Waals surface area contributed by atoms with Gasteiger partial charge in [-0.1, -0.05) is 90.4 Å². The molecule has 7 heteroatoms. The quantitative estimate of drug-likeness (QED) is 0.291. The summed E-state index contributed by atoms with van der Waals surface area (Å²) < 4.78 is 13.1. The molecule has 31 heavy (non-hydrogen) atoms. The van der Waals surface area contributed by atoms with Gasteiger partial charge in [0.05, 0.1) is 6.61 Å². The number of unbranched alkanes of at least 4 members (excludes halogenated alkanes) is 13. The van der Waals surface area contributed by atoms with E-state index in [0.29, 0.717) is 12.4 Å². The van der Waals surface area contributed by atoms with Crippen LogP contribution in [0, 0.1) is 0 Å². The first-order valence-corrected chi connectivity index (χ1v) is 13.4. The van der Waals surface area contributed by atoms with E-state index in [1.807, 2.05) is 0 Å². The van der Waals surface area contributed by atoms with Crippen molar-refractivity contribution in [2.24, 2.45) is 0 Å². The SMILES string of the molecule is CCCCCCCCCCCCCCCCOC[C@H]1O[C@@H](n2ccc(=O)[nH]c2=O)CS1. The number of hydrogen-bond acceptors (Lipinski definition) is 5. The average Bonchev–Trinajstić information content (AvgIpc) is 3.22. The van der Waals surface area contributed by atoms with Crippen molar-refractivity contribution in [3.8, 4) is 0 Å². The Morgan fingerprint density at radius 3 is 2.13 bits per heavy atom. The van der Waals surface area contributed by atoms with Crippen molar-refractivity contribution >= 4 is 11.8 Å². The molecule has 2 atom stereocenters. The highest BCUT2D eigenvalue weighted by atomic mass is 32.2. The van der Waals surface area contributed by atoms with Crippen molar-refractivity contribution in [2.45, 2.75) is 108 Å². The minimum absolute atomic E-state index is 0.0597. The minimum atomic E-state index is -0.429. The highest BCUT2D eigenvalue weighted by molar-refractivity contribution is 8.00. The van der Waals surface area contributed by atoms with Gasteiger partial charge in [-0.05, 0) is 6.42 Å². The van der Waals surface area contributed by atoms with Gasteiger partial charge in [0.2, 0.25) is 0 Å². The maximum atomic E-state index is 11.8. The van der Waals surface area contributed by atoms with Gasteiger partial charge in [0.15, 0.2) is 0 Å². The third kappa shape index (κ3) is 11.4. The molecule has 1 aromatic heterocycles. The van der Waals surface area contributed by atoms with Crippen molar-refractivity contribution in [2.75, 3.05) is 19.0 Å². The van der Waals surface area contributed by atoms with E-state index in [1.54, 1.807) is 11.8 Å². The zero-order valence-corrected chi connectivity index (χ0v) is 20.1. The average molecular weight is 455 g/mol. The minimum Gasteiger partial charge on any atom is -0.378 e. The number of ether oxygens (including phenoxy) is 2. The summed E-state index contributed by atoms with van der Waals surface area (Å²) in [6.45, 7) is 3.58. The molecule has 2 rings (SSSR count). The molecule has 6 nitrogen and oxygen atoms in total. The molecule has 0 aliphatic carbocycles. The summed E-state index contributed by atoms with van der Waals surface area (Å²) >= 11 is 1.65. The molecule has 0 unspecified atom stereocenters. The van der Waals surface area contributed by atoms with Crippen molar-refractivity contribution in [3.63, 3.8) is 0 Å². The predicted octanol–water partition coefficient (Wildman–Crippen LogP) is 5.62. The Morgan fingerprint density at radius 2 is 1.55 bits per heavy atom. The number of nitrogens with one attached hydrogen (secondary N) is 1. The lowest BCUT2D eigenvalue weighted by molar-refractivity contribution is -0.0252. The monoisotopic (exact) mass is 454 g/mol. The Kier molecular flexibility index (Phi) is 14.0. The summed E-state index contributed by atoms with van der Waals surface area (Å²) in [6.07, 6.45) is 20.1. The molecule has 0 aromatic carbocycles. The molecule has 0 radical (unpaired) electrons. The van der Waals surface area contributed by atoms with Gasteiger partial charge in [0.25, 0.3) is 5.56 Å². The first-order chi connectivity index (χ1) is 15.2. The lowest BCUT2D eigenvalue weighted by atomic mass is 10.0. The molecule has 0 saturated carbocycles. The van der Waals surface area contributed by atoms with E-state index in [4.69, 9.17) is 9.47 Å². The van der Waals surface area contributed by atoms with Gasteiger partial charge in [-0.15, -0.1) is 11.8 Å². The normalized spacial score (nSPS) is 18.6. The number of aromatic nitrogens is 2. The summed E-state index contributed by atoms with van der Waals surface area (Å²) in [4.78, 5) is 25.3. The maximum absolute atomic E-state index is 11.8. The number of aromatic amines is 1.